The molecule has 1 aliphatic heterocycles. The van der Waals surface area contributed by atoms with Crippen molar-refractivity contribution in [3.63, 3.8) is 0 Å². The summed E-state index contributed by atoms with van der Waals surface area (Å²) in [5, 5.41) is 18.0. The summed E-state index contributed by atoms with van der Waals surface area (Å²) in [5.41, 5.74) is 0.657. The van der Waals surface area contributed by atoms with E-state index in [4.69, 9.17) is 23.2 Å². The molecular formula is C15H15Cl2N5O3. The minimum atomic E-state index is -0.614. The number of H-pyrrole nitrogens is 1. The van der Waals surface area contributed by atoms with E-state index in [0.717, 1.165) is 11.8 Å². The highest BCUT2D eigenvalue weighted by molar-refractivity contribution is 6.42. The number of carbonyl (C=O) groups is 1. The number of aromatic nitrogens is 2. The summed E-state index contributed by atoms with van der Waals surface area (Å²) in [6.45, 7) is 2.98. The third-order valence-corrected chi connectivity index (χ3v) is 4.82. The molecule has 0 aliphatic carbocycles. The number of nitro groups is 1. The van der Waals surface area contributed by atoms with Crippen LogP contribution < -0.4 is 0 Å². The minimum Gasteiger partial charge on any atom is -0.335 e. The Morgan fingerprint density at radius 2 is 1.96 bits per heavy atom. The summed E-state index contributed by atoms with van der Waals surface area (Å²) in [6.07, 6.45) is 1.05. The van der Waals surface area contributed by atoms with Crippen LogP contribution in [0.4, 0.5) is 5.69 Å². The number of aromatic amines is 1. The second-order valence-electron chi connectivity index (χ2n) is 5.70. The molecule has 2 aromatic rings. The van der Waals surface area contributed by atoms with Crippen molar-refractivity contribution in [2.24, 2.45) is 0 Å². The maximum absolute atomic E-state index is 12.4. The molecule has 1 N–H and O–H groups in total. The monoisotopic (exact) mass is 383 g/mol. The topological polar surface area (TPSA) is 95.4 Å². The van der Waals surface area contributed by atoms with Crippen LogP contribution in [0.3, 0.4) is 0 Å². The van der Waals surface area contributed by atoms with Gasteiger partial charge >= 0.3 is 5.69 Å². The van der Waals surface area contributed by atoms with E-state index in [1.54, 1.807) is 11.0 Å². The predicted octanol–water partition coefficient (Wildman–Crippen LogP) is 2.58. The van der Waals surface area contributed by atoms with Gasteiger partial charge in [-0.3, -0.25) is 24.9 Å². The van der Waals surface area contributed by atoms with Crippen LogP contribution in [0.2, 0.25) is 10.0 Å². The molecule has 0 spiro atoms. The van der Waals surface area contributed by atoms with Gasteiger partial charge in [0, 0.05) is 32.7 Å². The number of piperazine rings is 1. The van der Waals surface area contributed by atoms with Gasteiger partial charge in [-0.2, -0.15) is 5.10 Å². The van der Waals surface area contributed by atoms with Crippen LogP contribution >= 0.6 is 23.2 Å². The number of nitrogens with one attached hydrogen (secondary N) is 1. The van der Waals surface area contributed by atoms with E-state index >= 15 is 0 Å². The number of hydrogen-bond acceptors (Lipinski definition) is 5. The second-order valence-corrected chi connectivity index (χ2v) is 6.52. The van der Waals surface area contributed by atoms with E-state index in [2.05, 4.69) is 15.1 Å². The summed E-state index contributed by atoms with van der Waals surface area (Å²) < 4.78 is 0. The second kappa shape index (κ2) is 7.38. The zero-order valence-electron chi connectivity index (χ0n) is 13.1. The molecular weight excluding hydrogens is 369 g/mol. The maximum Gasteiger partial charge on any atom is 0.319 e. The van der Waals surface area contributed by atoms with E-state index in [9.17, 15) is 14.9 Å². The summed E-state index contributed by atoms with van der Waals surface area (Å²) in [5.74, 6) is -0.404. The van der Waals surface area contributed by atoms with Crippen molar-refractivity contribution in [1.29, 1.82) is 0 Å². The maximum atomic E-state index is 12.4. The van der Waals surface area contributed by atoms with E-state index in [-0.39, 0.29) is 11.4 Å². The fraction of sp³-hybridized carbons (Fsp3) is 0.333. The Hall–Kier alpha value is -2.16. The van der Waals surface area contributed by atoms with E-state index in [1.165, 1.54) is 0 Å². The van der Waals surface area contributed by atoms with Gasteiger partial charge < -0.3 is 4.90 Å². The summed E-state index contributed by atoms with van der Waals surface area (Å²) in [6, 6.07) is 5.51. The first-order chi connectivity index (χ1) is 12.0. The summed E-state index contributed by atoms with van der Waals surface area (Å²) >= 11 is 11.9. The Balaban J connectivity index is 1.59. The Morgan fingerprint density at radius 3 is 2.60 bits per heavy atom. The molecule has 3 rings (SSSR count). The molecule has 1 amide bonds. The number of amides is 1. The van der Waals surface area contributed by atoms with Crippen molar-refractivity contribution in [3.8, 4) is 0 Å². The Bertz CT molecular complexity index is 802. The largest absolute Gasteiger partial charge is 0.335 e. The van der Waals surface area contributed by atoms with E-state index in [1.807, 2.05) is 12.1 Å². The zero-order chi connectivity index (χ0) is 18.0. The predicted molar refractivity (Wildman–Crippen MR) is 92.9 cm³/mol. The molecule has 0 unspecified atom stereocenters. The molecule has 0 saturated carbocycles. The Kier molecular flexibility index (Phi) is 5.22. The zero-order valence-corrected chi connectivity index (χ0v) is 14.6. The molecule has 0 radical (unpaired) electrons. The summed E-state index contributed by atoms with van der Waals surface area (Å²) in [7, 11) is 0. The number of rotatable bonds is 4. The van der Waals surface area contributed by atoms with Gasteiger partial charge in [-0.25, -0.2) is 0 Å². The molecule has 10 heteroatoms. The quantitative estimate of drug-likeness (QED) is 0.646. The van der Waals surface area contributed by atoms with Gasteiger partial charge in [0.15, 0.2) is 0 Å². The lowest BCUT2D eigenvalue weighted by Gasteiger charge is -2.34. The van der Waals surface area contributed by atoms with E-state index < -0.39 is 10.8 Å². The minimum absolute atomic E-state index is 0.0806. The van der Waals surface area contributed by atoms with Crippen molar-refractivity contribution in [3.05, 3.63) is 55.8 Å². The van der Waals surface area contributed by atoms with E-state index in [0.29, 0.717) is 42.8 Å². The number of hydrogen-bond donors (Lipinski definition) is 1. The standard InChI is InChI=1S/C15H15Cl2N5O3/c16-11-2-1-10(7-12(11)17)9-20-3-5-21(6-4-20)15(23)14-13(22(24)25)8-18-19-14/h1-2,7-8H,3-6,9H2,(H,18,19). The lowest BCUT2D eigenvalue weighted by Crippen LogP contribution is -2.48. The Labute approximate surface area is 153 Å². The van der Waals surface area contributed by atoms with Gasteiger partial charge in [-0.1, -0.05) is 29.3 Å². The molecule has 2 heterocycles. The van der Waals surface area contributed by atoms with Crippen LogP contribution in [0.15, 0.2) is 24.4 Å². The third-order valence-electron chi connectivity index (χ3n) is 4.08. The molecule has 25 heavy (non-hydrogen) atoms. The van der Waals surface area contributed by atoms with Crippen LogP contribution in [-0.4, -0.2) is 57.0 Å². The Morgan fingerprint density at radius 1 is 1.24 bits per heavy atom. The molecule has 132 valence electrons. The van der Waals surface area contributed by atoms with Crippen LogP contribution in [0, 0.1) is 10.1 Å². The van der Waals surface area contributed by atoms with Gasteiger partial charge in [-0.15, -0.1) is 0 Å². The molecule has 8 nitrogen and oxygen atoms in total. The van der Waals surface area contributed by atoms with Gasteiger partial charge in [0.2, 0.25) is 5.69 Å². The number of benzene rings is 1. The first-order valence-electron chi connectivity index (χ1n) is 7.59. The van der Waals surface area contributed by atoms with Gasteiger partial charge in [-0.05, 0) is 17.7 Å². The highest BCUT2D eigenvalue weighted by Crippen LogP contribution is 2.24. The first kappa shape index (κ1) is 17.7. The van der Waals surface area contributed by atoms with Crippen LogP contribution in [-0.2, 0) is 6.54 Å². The van der Waals surface area contributed by atoms with Crippen LogP contribution in [0.1, 0.15) is 16.1 Å². The van der Waals surface area contributed by atoms with Gasteiger partial charge in [0.05, 0.1) is 15.0 Å². The lowest BCUT2D eigenvalue weighted by atomic mass is 10.2. The highest BCUT2D eigenvalue weighted by atomic mass is 35.5. The van der Waals surface area contributed by atoms with Crippen LogP contribution in [0.25, 0.3) is 0 Å². The number of nitrogens with zero attached hydrogens (tertiary/aromatic N) is 4. The lowest BCUT2D eigenvalue weighted by molar-refractivity contribution is -0.385. The van der Waals surface area contributed by atoms with Crippen molar-refractivity contribution in [2.75, 3.05) is 26.2 Å². The van der Waals surface area contributed by atoms with Gasteiger partial charge in [0.25, 0.3) is 5.91 Å². The molecule has 1 fully saturated rings. The smallest absolute Gasteiger partial charge is 0.319 e. The fourth-order valence-electron chi connectivity index (χ4n) is 2.74. The van der Waals surface area contributed by atoms with Gasteiger partial charge in [0.1, 0.15) is 6.20 Å². The molecule has 1 aromatic carbocycles. The molecule has 1 aliphatic rings. The third kappa shape index (κ3) is 3.92. The highest BCUT2D eigenvalue weighted by Gasteiger charge is 2.29. The number of carbonyl (C=O) groups excluding carboxylic acids is 1. The van der Waals surface area contributed by atoms with Crippen LogP contribution in [0.5, 0.6) is 0 Å². The molecule has 1 saturated heterocycles. The summed E-state index contributed by atoms with van der Waals surface area (Å²) in [4.78, 5) is 26.5. The van der Waals surface area contributed by atoms with Crippen molar-refractivity contribution < 1.29 is 9.72 Å². The molecule has 0 bridgehead atoms. The van der Waals surface area contributed by atoms with Crippen molar-refractivity contribution in [1.82, 2.24) is 20.0 Å². The normalized spacial score (nSPS) is 15.4. The van der Waals surface area contributed by atoms with Crippen molar-refractivity contribution >= 4 is 34.8 Å². The molecule has 0 atom stereocenters. The fourth-order valence-corrected chi connectivity index (χ4v) is 3.06. The average molecular weight is 384 g/mol. The SMILES string of the molecule is O=C(c1[nH]ncc1[N+](=O)[O-])N1CCN(Cc2ccc(Cl)c(Cl)c2)CC1. The number of halogens is 2. The molecule has 1 aromatic heterocycles. The average Bonchev–Trinajstić information content (AvgIpc) is 3.08. The van der Waals surface area contributed by atoms with Crippen molar-refractivity contribution in [2.45, 2.75) is 6.54 Å². The first-order valence-corrected chi connectivity index (χ1v) is 8.34.